The summed E-state index contributed by atoms with van der Waals surface area (Å²) in [4.78, 5) is 44.0. The number of nitrogens with zero attached hydrogens (tertiary/aromatic N) is 2. The van der Waals surface area contributed by atoms with Crippen LogP contribution in [0.5, 0.6) is 0 Å². The Morgan fingerprint density at radius 3 is 2.39 bits per heavy atom. The molecule has 0 spiro atoms. The molecule has 152 valence electrons. The Balaban J connectivity index is 2.04. The summed E-state index contributed by atoms with van der Waals surface area (Å²) in [7, 11) is 4.43. The molecule has 2 aromatic rings. The first-order chi connectivity index (χ1) is 13.3. The highest BCUT2D eigenvalue weighted by molar-refractivity contribution is 7.18. The molecule has 8 nitrogen and oxygen atoms in total. The zero-order valence-corrected chi connectivity index (χ0v) is 18.1. The van der Waals surface area contributed by atoms with Gasteiger partial charge < -0.3 is 19.7 Å². The summed E-state index contributed by atoms with van der Waals surface area (Å²) in [6.45, 7) is 4.81. The number of rotatable bonds is 8. The first-order valence-electron chi connectivity index (χ1n) is 8.46. The van der Waals surface area contributed by atoms with Gasteiger partial charge in [0.2, 0.25) is 5.91 Å². The number of methoxy groups -OCH3 is 2. The molecule has 2 aromatic heterocycles. The van der Waals surface area contributed by atoms with Gasteiger partial charge in [-0.25, -0.2) is 14.6 Å². The van der Waals surface area contributed by atoms with Crippen molar-refractivity contribution in [2.45, 2.75) is 26.8 Å². The van der Waals surface area contributed by atoms with E-state index in [1.807, 2.05) is 25.1 Å². The van der Waals surface area contributed by atoms with Crippen molar-refractivity contribution >= 4 is 45.5 Å². The monoisotopic (exact) mass is 425 g/mol. The maximum absolute atomic E-state index is 12.4. The molecule has 0 bridgehead atoms. The second-order valence-electron chi connectivity index (χ2n) is 6.13. The molecule has 0 unspecified atom stereocenters. The van der Waals surface area contributed by atoms with Gasteiger partial charge in [-0.05, 0) is 26.5 Å². The topological polar surface area (TPSA) is 97.8 Å². The van der Waals surface area contributed by atoms with Gasteiger partial charge in [-0.3, -0.25) is 4.79 Å². The highest BCUT2D eigenvalue weighted by Gasteiger charge is 2.26. The molecule has 0 atom stereocenters. The van der Waals surface area contributed by atoms with Crippen LogP contribution in [-0.4, -0.2) is 55.5 Å². The van der Waals surface area contributed by atoms with Crippen molar-refractivity contribution in [2.24, 2.45) is 0 Å². The van der Waals surface area contributed by atoms with Crippen LogP contribution in [0.4, 0.5) is 5.00 Å². The van der Waals surface area contributed by atoms with Crippen molar-refractivity contribution < 1.29 is 23.9 Å². The van der Waals surface area contributed by atoms with E-state index in [0.29, 0.717) is 18.7 Å². The highest BCUT2D eigenvalue weighted by atomic mass is 32.1. The molecule has 0 radical (unpaired) electrons. The Kier molecular flexibility index (Phi) is 7.67. The maximum Gasteiger partial charge on any atom is 0.348 e. The van der Waals surface area contributed by atoms with Crippen molar-refractivity contribution in [1.82, 2.24) is 9.88 Å². The third kappa shape index (κ3) is 5.37. The summed E-state index contributed by atoms with van der Waals surface area (Å²) in [5.74, 6) is -1.43. The fraction of sp³-hybridized carbons (Fsp3) is 0.444. The van der Waals surface area contributed by atoms with Crippen LogP contribution in [0.3, 0.4) is 0 Å². The van der Waals surface area contributed by atoms with Crippen LogP contribution >= 0.6 is 22.7 Å². The van der Waals surface area contributed by atoms with Gasteiger partial charge in [-0.2, -0.15) is 0 Å². The van der Waals surface area contributed by atoms with E-state index in [4.69, 9.17) is 9.47 Å². The number of amides is 1. The number of carbonyl (C=O) groups excluding carboxylic acids is 3. The molecule has 0 aromatic carbocycles. The van der Waals surface area contributed by atoms with E-state index in [2.05, 4.69) is 10.3 Å². The molecule has 10 heteroatoms. The summed E-state index contributed by atoms with van der Waals surface area (Å²) in [5.41, 5.74) is 0.603. The van der Waals surface area contributed by atoms with Crippen LogP contribution in [0.2, 0.25) is 0 Å². The fourth-order valence-electron chi connectivity index (χ4n) is 2.54. The van der Waals surface area contributed by atoms with Gasteiger partial charge >= 0.3 is 11.9 Å². The van der Waals surface area contributed by atoms with Gasteiger partial charge in [0.25, 0.3) is 0 Å². The average molecular weight is 426 g/mol. The molecule has 28 heavy (non-hydrogen) atoms. The van der Waals surface area contributed by atoms with E-state index in [9.17, 15) is 14.4 Å². The summed E-state index contributed by atoms with van der Waals surface area (Å²) in [6, 6.07) is 0. The van der Waals surface area contributed by atoms with E-state index in [-0.39, 0.29) is 27.8 Å². The number of hydrogen-bond donors (Lipinski definition) is 1. The second-order valence-corrected chi connectivity index (χ2v) is 8.46. The Morgan fingerprint density at radius 1 is 1.14 bits per heavy atom. The van der Waals surface area contributed by atoms with Crippen LogP contribution in [0.15, 0.2) is 6.20 Å². The van der Waals surface area contributed by atoms with E-state index >= 15 is 0 Å². The Morgan fingerprint density at radius 2 is 1.82 bits per heavy atom. The predicted molar refractivity (Wildman–Crippen MR) is 108 cm³/mol. The number of thiazole rings is 1. The smallest absolute Gasteiger partial charge is 0.348 e. The minimum absolute atomic E-state index is 0.176. The van der Waals surface area contributed by atoms with Gasteiger partial charge in [0.15, 0.2) is 0 Å². The highest BCUT2D eigenvalue weighted by Crippen LogP contribution is 2.34. The average Bonchev–Trinajstić information content (AvgIpc) is 3.21. The molecule has 1 amide bonds. The van der Waals surface area contributed by atoms with Crippen molar-refractivity contribution in [3.05, 3.63) is 32.1 Å². The molecule has 2 rings (SSSR count). The molecule has 0 saturated heterocycles. The minimum Gasteiger partial charge on any atom is -0.465 e. The van der Waals surface area contributed by atoms with Crippen LogP contribution in [-0.2, 0) is 20.8 Å². The summed E-state index contributed by atoms with van der Waals surface area (Å²) in [5, 5.41) is 4.02. The van der Waals surface area contributed by atoms with Gasteiger partial charge in [-0.1, -0.05) is 0 Å². The number of aromatic nitrogens is 1. The van der Waals surface area contributed by atoms with E-state index in [1.165, 1.54) is 14.2 Å². The van der Waals surface area contributed by atoms with Crippen LogP contribution in [0.1, 0.15) is 41.9 Å². The standard InChI is InChI=1S/C18H23N3O5S2/c1-10-14(17(23)25-4)16(28-15(10)18(24)26-5)20-13(22)6-7-21(3)9-12-8-19-11(2)27-12/h8H,6-7,9H2,1-5H3,(H,20,22). The Hall–Kier alpha value is -2.30. The Bertz CT molecular complexity index is 875. The SMILES string of the molecule is COC(=O)c1sc(NC(=O)CCN(C)Cc2cnc(C)s2)c(C(=O)OC)c1C. The second kappa shape index (κ2) is 9.76. The molecule has 1 N–H and O–H groups in total. The van der Waals surface area contributed by atoms with Crippen LogP contribution < -0.4 is 5.32 Å². The van der Waals surface area contributed by atoms with Crippen LogP contribution in [0, 0.1) is 13.8 Å². The molecule has 0 fully saturated rings. The van der Waals surface area contributed by atoms with Gasteiger partial charge in [0, 0.05) is 30.6 Å². The number of anilines is 1. The number of nitrogens with one attached hydrogen (secondary N) is 1. The zero-order chi connectivity index (χ0) is 20.8. The van der Waals surface area contributed by atoms with E-state index in [0.717, 1.165) is 21.2 Å². The third-order valence-corrected chi connectivity index (χ3v) is 6.06. The molecule has 0 aliphatic rings. The fourth-order valence-corrected chi connectivity index (χ4v) is 4.55. The molecule has 0 saturated carbocycles. The first kappa shape index (κ1) is 22.0. The zero-order valence-electron chi connectivity index (χ0n) is 16.5. The number of carbonyl (C=O) groups is 3. The predicted octanol–water partition coefficient (Wildman–Crippen LogP) is 2.86. The van der Waals surface area contributed by atoms with Gasteiger partial charge in [0.05, 0.1) is 24.8 Å². The lowest BCUT2D eigenvalue weighted by molar-refractivity contribution is -0.116. The minimum atomic E-state index is -0.614. The molecule has 2 heterocycles. The summed E-state index contributed by atoms with van der Waals surface area (Å²) in [6.07, 6.45) is 2.07. The van der Waals surface area contributed by atoms with Crippen molar-refractivity contribution in [3.63, 3.8) is 0 Å². The number of ether oxygens (including phenoxy) is 2. The quantitative estimate of drug-likeness (QED) is 0.650. The van der Waals surface area contributed by atoms with Crippen molar-refractivity contribution in [3.8, 4) is 0 Å². The third-order valence-electron chi connectivity index (χ3n) is 3.98. The van der Waals surface area contributed by atoms with Gasteiger partial charge in [0.1, 0.15) is 9.88 Å². The molecular weight excluding hydrogens is 402 g/mol. The summed E-state index contributed by atoms with van der Waals surface area (Å²) >= 11 is 2.63. The first-order valence-corrected chi connectivity index (χ1v) is 10.1. The van der Waals surface area contributed by atoms with Crippen LogP contribution in [0.25, 0.3) is 0 Å². The van der Waals surface area contributed by atoms with Crippen molar-refractivity contribution in [1.29, 1.82) is 0 Å². The molecular formula is C18H23N3O5S2. The number of hydrogen-bond acceptors (Lipinski definition) is 9. The van der Waals surface area contributed by atoms with E-state index < -0.39 is 11.9 Å². The number of esters is 2. The van der Waals surface area contributed by atoms with E-state index in [1.54, 1.807) is 18.3 Å². The lowest BCUT2D eigenvalue weighted by atomic mass is 10.1. The Labute approximate surface area is 171 Å². The number of thiophene rings is 1. The largest absolute Gasteiger partial charge is 0.465 e. The summed E-state index contributed by atoms with van der Waals surface area (Å²) < 4.78 is 9.52. The lowest BCUT2D eigenvalue weighted by Crippen LogP contribution is -2.24. The molecule has 0 aliphatic heterocycles. The van der Waals surface area contributed by atoms with Gasteiger partial charge in [-0.15, -0.1) is 22.7 Å². The molecule has 0 aliphatic carbocycles. The maximum atomic E-state index is 12.4. The lowest BCUT2D eigenvalue weighted by Gasteiger charge is -2.15. The number of aryl methyl sites for hydroxylation is 1. The van der Waals surface area contributed by atoms with Crippen molar-refractivity contribution in [2.75, 3.05) is 33.1 Å². The normalized spacial score (nSPS) is 10.8.